The molecule has 5 rings (SSSR count). The summed E-state index contributed by atoms with van der Waals surface area (Å²) in [6, 6.07) is 35.0. The van der Waals surface area contributed by atoms with E-state index in [1.165, 1.54) is 0 Å². The second-order valence-corrected chi connectivity index (χ2v) is 11.6. The molecule has 10 heteroatoms. The Bertz CT molecular complexity index is 1400. The van der Waals surface area contributed by atoms with Crippen molar-refractivity contribution in [3.8, 4) is 11.5 Å². The maximum Gasteiger partial charge on any atom is 0.587 e. The highest BCUT2D eigenvalue weighted by Crippen LogP contribution is 2.51. The molecule has 0 radical (unpaired) electrons. The van der Waals surface area contributed by atoms with Gasteiger partial charge in [-0.2, -0.15) is 0 Å². The summed E-state index contributed by atoms with van der Waals surface area (Å²) in [6.07, 6.45) is -3.27. The predicted octanol–water partition coefficient (Wildman–Crippen LogP) is 4.91. The Morgan fingerprint density at radius 1 is 0.714 bits per heavy atom. The van der Waals surface area contributed by atoms with Crippen molar-refractivity contribution >= 4 is 7.82 Å². The van der Waals surface area contributed by atoms with Gasteiger partial charge in [-0.05, 0) is 35.4 Å². The molecule has 1 saturated heterocycles. The quantitative estimate of drug-likeness (QED) is 0.186. The van der Waals surface area contributed by atoms with E-state index in [2.05, 4.69) is 0 Å². The van der Waals surface area contributed by atoms with Crippen LogP contribution in [0.5, 0.6) is 11.5 Å². The lowest BCUT2D eigenvalue weighted by molar-refractivity contribution is -0.257. The summed E-state index contributed by atoms with van der Waals surface area (Å²) in [5.74, 6) is -1.83. The van der Waals surface area contributed by atoms with Crippen LogP contribution in [0.15, 0.2) is 121 Å². The van der Waals surface area contributed by atoms with Gasteiger partial charge in [-0.15, -0.1) is 0 Å². The molecule has 4 aromatic carbocycles. The molecule has 0 aromatic heterocycles. The Morgan fingerprint density at radius 3 is 1.71 bits per heavy atom. The zero-order chi connectivity index (χ0) is 29.5. The van der Waals surface area contributed by atoms with Gasteiger partial charge in [-0.1, -0.05) is 97.1 Å². The average molecular weight is 593 g/mol. The molecule has 0 amide bonds. The summed E-state index contributed by atoms with van der Waals surface area (Å²) in [4.78, 5) is 0. The molecule has 1 fully saturated rings. The summed E-state index contributed by atoms with van der Waals surface area (Å²) in [6.45, 7) is -0.865. The Morgan fingerprint density at radius 2 is 1.19 bits per heavy atom. The predicted molar refractivity (Wildman–Crippen MR) is 155 cm³/mol. The Balaban J connectivity index is 1.37. The van der Waals surface area contributed by atoms with Crippen LogP contribution < -0.4 is 9.05 Å². The molecule has 0 saturated carbocycles. The first-order valence-corrected chi connectivity index (χ1v) is 14.9. The Kier molecular flexibility index (Phi) is 9.40. The molecule has 4 aromatic rings. The summed E-state index contributed by atoms with van der Waals surface area (Å²) in [5, 5.41) is 34.5. The van der Waals surface area contributed by atoms with Gasteiger partial charge < -0.3 is 33.8 Å². The van der Waals surface area contributed by atoms with Crippen molar-refractivity contribution in [2.24, 2.45) is 0 Å². The molecule has 0 bridgehead atoms. The fraction of sp³-hybridized carbons (Fsp3) is 0.250. The van der Waals surface area contributed by atoms with Gasteiger partial charge in [-0.25, -0.2) is 4.57 Å². The first-order chi connectivity index (χ1) is 20.3. The van der Waals surface area contributed by atoms with Gasteiger partial charge in [0.15, 0.2) is 0 Å². The maximum atomic E-state index is 13.9. The van der Waals surface area contributed by atoms with Crippen LogP contribution in [0.25, 0.3) is 0 Å². The minimum absolute atomic E-state index is 0.104. The zero-order valence-electron chi connectivity index (χ0n) is 22.8. The number of aliphatic hydroxyl groups is 3. The highest BCUT2D eigenvalue weighted by atomic mass is 31.2. The third-order valence-electron chi connectivity index (χ3n) is 6.86. The molecule has 0 spiro atoms. The van der Waals surface area contributed by atoms with Crippen LogP contribution in [0.1, 0.15) is 11.1 Å². The van der Waals surface area contributed by atoms with Crippen LogP contribution >= 0.6 is 7.82 Å². The van der Waals surface area contributed by atoms with Crippen molar-refractivity contribution in [2.45, 2.75) is 36.6 Å². The SMILES string of the molecule is O=P(OC[C@H]1OC(O)(COCc2ccccc2)[C@@H](O)[C@@]1(O)Cc1ccccc1)(Oc1ccccc1)Oc1ccccc1. The van der Waals surface area contributed by atoms with Crippen LogP contribution in [-0.4, -0.2) is 52.1 Å². The van der Waals surface area contributed by atoms with Gasteiger partial charge in [0.2, 0.25) is 5.79 Å². The van der Waals surface area contributed by atoms with Crippen molar-refractivity contribution in [2.75, 3.05) is 13.2 Å². The monoisotopic (exact) mass is 592 g/mol. The van der Waals surface area contributed by atoms with Gasteiger partial charge in [0.25, 0.3) is 0 Å². The number of hydrogen-bond acceptors (Lipinski definition) is 9. The number of benzene rings is 4. The van der Waals surface area contributed by atoms with E-state index >= 15 is 0 Å². The van der Waals surface area contributed by atoms with E-state index in [1.54, 1.807) is 84.9 Å². The van der Waals surface area contributed by atoms with Crippen LogP contribution in [0.2, 0.25) is 0 Å². The van der Waals surface area contributed by atoms with Gasteiger partial charge in [0, 0.05) is 6.42 Å². The molecule has 4 atom stereocenters. The van der Waals surface area contributed by atoms with Crippen LogP contribution in [0, 0.1) is 0 Å². The highest BCUT2D eigenvalue weighted by Gasteiger charge is 2.63. The Labute approximate surface area is 244 Å². The van der Waals surface area contributed by atoms with Gasteiger partial charge in [0.1, 0.15) is 35.9 Å². The minimum Gasteiger partial charge on any atom is -0.395 e. The summed E-state index contributed by atoms with van der Waals surface area (Å²) < 4.78 is 42.5. The number of para-hydroxylation sites is 2. The number of rotatable bonds is 13. The van der Waals surface area contributed by atoms with Crippen molar-refractivity contribution < 1.29 is 42.9 Å². The van der Waals surface area contributed by atoms with E-state index in [9.17, 15) is 19.9 Å². The van der Waals surface area contributed by atoms with Gasteiger partial charge >= 0.3 is 7.82 Å². The summed E-state index contributed by atoms with van der Waals surface area (Å²) in [7, 11) is -4.36. The van der Waals surface area contributed by atoms with E-state index in [-0.39, 0.29) is 24.5 Å². The zero-order valence-corrected chi connectivity index (χ0v) is 23.7. The molecule has 1 aliphatic rings. The number of aliphatic hydroxyl groups excluding tert-OH is 1. The van der Waals surface area contributed by atoms with Crippen LogP contribution in [0.4, 0.5) is 0 Å². The van der Waals surface area contributed by atoms with E-state index in [1.807, 2.05) is 36.4 Å². The molecule has 220 valence electrons. The number of phosphoric acid groups is 1. The van der Waals surface area contributed by atoms with Crippen LogP contribution in [0.3, 0.4) is 0 Å². The fourth-order valence-electron chi connectivity index (χ4n) is 4.74. The second-order valence-electron chi connectivity index (χ2n) is 10.0. The number of phosphoric ester groups is 1. The Hall–Kier alpha value is -3.53. The number of hydrogen-bond donors (Lipinski definition) is 3. The van der Waals surface area contributed by atoms with Crippen LogP contribution in [-0.2, 0) is 31.6 Å². The third-order valence-corrected chi connectivity index (χ3v) is 8.19. The standard InChI is InChI=1S/C32H33O9P/c33-30-31(34,21-25-13-5-1-6-14-25)29(39-32(30,35)24-37-22-26-15-7-2-8-16-26)23-38-42(36,40-27-17-9-3-10-18-27)41-28-19-11-4-12-20-28/h1-20,29-30,33-35H,21-24H2/t29-,30+,31-,32?/m1/s1. The van der Waals surface area contributed by atoms with Gasteiger partial charge in [0.05, 0.1) is 13.2 Å². The first kappa shape index (κ1) is 29.9. The maximum absolute atomic E-state index is 13.9. The van der Waals surface area contributed by atoms with E-state index in [0.29, 0.717) is 5.56 Å². The van der Waals surface area contributed by atoms with E-state index in [0.717, 1.165) is 5.56 Å². The van der Waals surface area contributed by atoms with Gasteiger partial charge in [-0.3, -0.25) is 4.52 Å². The summed E-state index contributed by atoms with van der Waals surface area (Å²) in [5.41, 5.74) is -0.535. The molecule has 0 aliphatic carbocycles. The summed E-state index contributed by atoms with van der Waals surface area (Å²) >= 11 is 0. The van der Waals surface area contributed by atoms with Crippen molar-refractivity contribution in [3.63, 3.8) is 0 Å². The third kappa shape index (κ3) is 7.27. The molecular formula is C32H33O9P. The highest BCUT2D eigenvalue weighted by molar-refractivity contribution is 7.49. The molecule has 42 heavy (non-hydrogen) atoms. The molecular weight excluding hydrogens is 559 g/mol. The topological polar surface area (TPSA) is 124 Å². The van der Waals surface area contributed by atoms with Crippen molar-refractivity contribution in [1.82, 2.24) is 0 Å². The van der Waals surface area contributed by atoms with Crippen molar-refractivity contribution in [3.05, 3.63) is 132 Å². The molecule has 1 heterocycles. The smallest absolute Gasteiger partial charge is 0.395 e. The largest absolute Gasteiger partial charge is 0.587 e. The fourth-order valence-corrected chi connectivity index (χ4v) is 5.97. The van der Waals surface area contributed by atoms with E-state index < -0.39 is 44.6 Å². The minimum atomic E-state index is -4.36. The first-order valence-electron chi connectivity index (χ1n) is 13.5. The lowest BCUT2D eigenvalue weighted by Gasteiger charge is -2.32. The lowest BCUT2D eigenvalue weighted by Crippen LogP contribution is -2.55. The van der Waals surface area contributed by atoms with Crippen molar-refractivity contribution in [1.29, 1.82) is 0 Å². The number of ether oxygens (including phenoxy) is 2. The van der Waals surface area contributed by atoms with E-state index in [4.69, 9.17) is 23.0 Å². The lowest BCUT2D eigenvalue weighted by atomic mass is 9.83. The average Bonchev–Trinajstić information content (AvgIpc) is 3.18. The second kappa shape index (κ2) is 13.2. The molecule has 9 nitrogen and oxygen atoms in total. The molecule has 1 unspecified atom stereocenters. The normalized spacial score (nSPS) is 23.9. The molecule has 3 N–H and O–H groups in total. The molecule has 1 aliphatic heterocycles.